The SMILES string of the molecule is Cc1ccc(S(=O)(=O)N2CCC(C(=O)N[C@@H](Cc3ccccc3)C(=O)[O-])CC2)cc1. The van der Waals surface area contributed by atoms with Gasteiger partial charge in [-0.15, -0.1) is 0 Å². The second-order valence-corrected chi connectivity index (χ2v) is 9.50. The van der Waals surface area contributed by atoms with E-state index in [1.54, 1.807) is 48.5 Å². The molecule has 7 nitrogen and oxygen atoms in total. The average Bonchev–Trinajstić information content (AvgIpc) is 2.74. The van der Waals surface area contributed by atoms with Gasteiger partial charge >= 0.3 is 0 Å². The molecule has 3 rings (SSSR count). The number of aliphatic carboxylic acids is 1. The molecule has 30 heavy (non-hydrogen) atoms. The van der Waals surface area contributed by atoms with Gasteiger partial charge in [-0.1, -0.05) is 48.0 Å². The molecule has 0 radical (unpaired) electrons. The first kappa shape index (κ1) is 22.0. The van der Waals surface area contributed by atoms with Crippen molar-refractivity contribution in [1.29, 1.82) is 0 Å². The van der Waals surface area contributed by atoms with Gasteiger partial charge < -0.3 is 15.2 Å². The first-order valence-electron chi connectivity index (χ1n) is 9.89. The van der Waals surface area contributed by atoms with Gasteiger partial charge in [0.05, 0.1) is 16.9 Å². The van der Waals surface area contributed by atoms with Gasteiger partial charge in [0, 0.05) is 19.0 Å². The van der Waals surface area contributed by atoms with Crippen molar-refractivity contribution >= 4 is 21.9 Å². The molecule has 1 N–H and O–H groups in total. The molecule has 0 spiro atoms. The molecule has 2 aromatic carbocycles. The number of carboxylic acids is 1. The maximum Gasteiger partial charge on any atom is 0.243 e. The van der Waals surface area contributed by atoms with Crippen LogP contribution in [0, 0.1) is 12.8 Å². The summed E-state index contributed by atoms with van der Waals surface area (Å²) in [6.45, 7) is 2.31. The van der Waals surface area contributed by atoms with E-state index in [-0.39, 0.29) is 30.3 Å². The van der Waals surface area contributed by atoms with E-state index in [0.717, 1.165) is 11.1 Å². The average molecular weight is 430 g/mol. The third-order valence-corrected chi connectivity index (χ3v) is 7.28. The molecule has 0 saturated carbocycles. The molecule has 1 saturated heterocycles. The second kappa shape index (κ2) is 9.40. The van der Waals surface area contributed by atoms with Gasteiger partial charge in [-0.25, -0.2) is 8.42 Å². The normalized spacial score (nSPS) is 16.7. The van der Waals surface area contributed by atoms with Crippen molar-refractivity contribution in [2.45, 2.75) is 37.1 Å². The number of hydrogen-bond donors (Lipinski definition) is 1. The Kier molecular flexibility index (Phi) is 6.89. The van der Waals surface area contributed by atoms with Gasteiger partial charge in [0.15, 0.2) is 0 Å². The number of aryl methyl sites for hydroxylation is 1. The van der Waals surface area contributed by atoms with Gasteiger partial charge in [0.1, 0.15) is 0 Å². The maximum atomic E-state index is 12.8. The van der Waals surface area contributed by atoms with Crippen molar-refractivity contribution in [1.82, 2.24) is 9.62 Å². The van der Waals surface area contributed by atoms with Gasteiger partial charge in [-0.05, 0) is 43.9 Å². The zero-order valence-electron chi connectivity index (χ0n) is 16.8. The van der Waals surface area contributed by atoms with Crippen molar-refractivity contribution in [3.8, 4) is 0 Å². The predicted molar refractivity (Wildman–Crippen MR) is 110 cm³/mol. The van der Waals surface area contributed by atoms with Crippen molar-refractivity contribution in [2.24, 2.45) is 5.92 Å². The maximum absolute atomic E-state index is 12.8. The summed E-state index contributed by atoms with van der Waals surface area (Å²) in [5.74, 6) is -2.16. The number of carbonyl (C=O) groups is 2. The van der Waals surface area contributed by atoms with Crippen LogP contribution in [0.25, 0.3) is 0 Å². The number of carboxylic acid groups (broad SMARTS) is 1. The van der Waals surface area contributed by atoms with Crippen LogP contribution in [0.3, 0.4) is 0 Å². The summed E-state index contributed by atoms with van der Waals surface area (Å²) >= 11 is 0. The topological polar surface area (TPSA) is 107 Å². The smallest absolute Gasteiger partial charge is 0.243 e. The summed E-state index contributed by atoms with van der Waals surface area (Å²) in [7, 11) is -3.61. The van der Waals surface area contributed by atoms with Crippen LogP contribution in [0.4, 0.5) is 0 Å². The summed E-state index contributed by atoms with van der Waals surface area (Å²) in [4.78, 5) is 24.3. The highest BCUT2D eigenvalue weighted by molar-refractivity contribution is 7.89. The number of benzene rings is 2. The molecule has 160 valence electrons. The fourth-order valence-electron chi connectivity index (χ4n) is 3.55. The van der Waals surface area contributed by atoms with Crippen LogP contribution >= 0.6 is 0 Å². The van der Waals surface area contributed by atoms with E-state index in [4.69, 9.17) is 0 Å². The number of sulfonamides is 1. The first-order valence-corrected chi connectivity index (χ1v) is 11.3. The van der Waals surface area contributed by atoms with Crippen LogP contribution in [0.5, 0.6) is 0 Å². The van der Waals surface area contributed by atoms with E-state index in [1.165, 1.54) is 4.31 Å². The van der Waals surface area contributed by atoms with Gasteiger partial charge in [0.2, 0.25) is 15.9 Å². The van der Waals surface area contributed by atoms with Gasteiger partial charge in [0.25, 0.3) is 0 Å². The third kappa shape index (κ3) is 5.25. The lowest BCUT2D eigenvalue weighted by Crippen LogP contribution is -2.52. The van der Waals surface area contributed by atoms with Crippen LogP contribution in [-0.4, -0.2) is 43.7 Å². The van der Waals surface area contributed by atoms with Crippen molar-refractivity contribution in [2.75, 3.05) is 13.1 Å². The largest absolute Gasteiger partial charge is 0.548 e. The molecule has 8 heteroatoms. The molecule has 0 bridgehead atoms. The fourth-order valence-corrected chi connectivity index (χ4v) is 5.02. The Morgan fingerprint density at radius 3 is 2.23 bits per heavy atom. The molecule has 0 aliphatic carbocycles. The molecule has 1 atom stereocenters. The second-order valence-electron chi connectivity index (χ2n) is 7.56. The monoisotopic (exact) mass is 429 g/mol. The molecule has 0 unspecified atom stereocenters. The first-order chi connectivity index (χ1) is 14.3. The minimum absolute atomic E-state index is 0.134. The number of rotatable bonds is 7. The third-order valence-electron chi connectivity index (χ3n) is 5.37. The zero-order valence-corrected chi connectivity index (χ0v) is 17.6. The van der Waals surface area contributed by atoms with Crippen LogP contribution in [-0.2, 0) is 26.0 Å². The van der Waals surface area contributed by atoms with E-state index in [9.17, 15) is 23.1 Å². The Bertz CT molecular complexity index is 982. The number of amides is 1. The van der Waals surface area contributed by atoms with E-state index < -0.39 is 28.0 Å². The fraction of sp³-hybridized carbons (Fsp3) is 0.364. The van der Waals surface area contributed by atoms with E-state index in [0.29, 0.717) is 12.8 Å². The molecule has 1 fully saturated rings. The molecule has 2 aromatic rings. The minimum Gasteiger partial charge on any atom is -0.548 e. The Morgan fingerprint density at radius 1 is 1.07 bits per heavy atom. The molecule has 1 amide bonds. The van der Waals surface area contributed by atoms with Gasteiger partial charge in [-0.3, -0.25) is 4.79 Å². The Hall–Kier alpha value is -2.71. The van der Waals surface area contributed by atoms with Crippen LogP contribution < -0.4 is 10.4 Å². The van der Waals surface area contributed by atoms with Crippen LogP contribution in [0.15, 0.2) is 59.5 Å². The number of nitrogens with zero attached hydrogens (tertiary/aromatic N) is 1. The Labute approximate surface area is 176 Å². The molecular weight excluding hydrogens is 404 g/mol. The molecule has 1 aliphatic rings. The minimum atomic E-state index is -3.61. The number of hydrogen-bond acceptors (Lipinski definition) is 5. The standard InChI is InChI=1S/C22H26N2O5S/c1-16-7-9-19(10-8-16)30(28,29)24-13-11-18(12-14-24)21(25)23-20(22(26)27)15-17-5-3-2-4-6-17/h2-10,18,20H,11-15H2,1H3,(H,23,25)(H,26,27)/p-1/t20-/m0/s1. The quantitative estimate of drug-likeness (QED) is 0.703. The lowest BCUT2D eigenvalue weighted by Gasteiger charge is -2.31. The molecule has 1 aliphatic heterocycles. The van der Waals surface area contributed by atoms with Crippen LogP contribution in [0.1, 0.15) is 24.0 Å². The lowest BCUT2D eigenvalue weighted by molar-refractivity contribution is -0.308. The van der Waals surface area contributed by atoms with E-state index in [1.807, 2.05) is 13.0 Å². The van der Waals surface area contributed by atoms with E-state index >= 15 is 0 Å². The summed E-state index contributed by atoms with van der Waals surface area (Å²) in [5, 5.41) is 14.0. The highest BCUT2D eigenvalue weighted by atomic mass is 32.2. The highest BCUT2D eigenvalue weighted by Gasteiger charge is 2.32. The Morgan fingerprint density at radius 2 is 1.67 bits per heavy atom. The summed E-state index contributed by atoms with van der Waals surface area (Å²) in [5.41, 5.74) is 1.76. The summed E-state index contributed by atoms with van der Waals surface area (Å²) in [6.07, 6.45) is 0.805. The van der Waals surface area contributed by atoms with Gasteiger partial charge in [-0.2, -0.15) is 4.31 Å². The Balaban J connectivity index is 1.59. The van der Waals surface area contributed by atoms with Crippen molar-refractivity contribution in [3.63, 3.8) is 0 Å². The van der Waals surface area contributed by atoms with E-state index in [2.05, 4.69) is 5.32 Å². The van der Waals surface area contributed by atoms with Crippen LogP contribution in [0.2, 0.25) is 0 Å². The molecular formula is C22H25N2O5S-. The number of carbonyl (C=O) groups excluding carboxylic acids is 2. The molecule has 0 aromatic heterocycles. The summed E-state index contributed by atoms with van der Waals surface area (Å²) < 4.78 is 26.9. The summed E-state index contributed by atoms with van der Waals surface area (Å²) in [6, 6.07) is 14.5. The highest BCUT2D eigenvalue weighted by Crippen LogP contribution is 2.24. The lowest BCUT2D eigenvalue weighted by atomic mass is 9.96. The zero-order chi connectivity index (χ0) is 21.7. The number of nitrogens with one attached hydrogen (secondary N) is 1. The van der Waals surface area contributed by atoms with Crippen molar-refractivity contribution < 1.29 is 23.1 Å². The molecule has 1 heterocycles. The van der Waals surface area contributed by atoms with Crippen molar-refractivity contribution in [3.05, 3.63) is 65.7 Å². The number of piperidine rings is 1. The predicted octanol–water partition coefficient (Wildman–Crippen LogP) is 0.873.